The average Bonchev–Trinajstić information content (AvgIpc) is 2.48. The third-order valence-electron chi connectivity index (χ3n) is 3.81. The van der Waals surface area contributed by atoms with E-state index in [0.717, 1.165) is 13.1 Å². The lowest BCUT2D eigenvalue weighted by molar-refractivity contribution is 0.258. The van der Waals surface area contributed by atoms with Crippen LogP contribution < -0.4 is 5.32 Å². The Balaban J connectivity index is 1.86. The van der Waals surface area contributed by atoms with Crippen LogP contribution in [-0.2, 0) is 6.54 Å². The first-order chi connectivity index (χ1) is 9.66. The van der Waals surface area contributed by atoms with Crippen molar-refractivity contribution in [2.24, 2.45) is 0 Å². The Morgan fingerprint density at radius 3 is 2.35 bits per heavy atom. The summed E-state index contributed by atoms with van der Waals surface area (Å²) < 4.78 is 0. The predicted octanol–water partition coefficient (Wildman–Crippen LogP) is 3.93. The van der Waals surface area contributed by atoms with E-state index in [1.54, 1.807) is 0 Å². The van der Waals surface area contributed by atoms with Crippen molar-refractivity contribution in [1.82, 2.24) is 4.90 Å². The Kier molecular flexibility index (Phi) is 5.19. The van der Waals surface area contributed by atoms with Crippen LogP contribution >= 0.6 is 0 Å². The van der Waals surface area contributed by atoms with Gasteiger partial charge in [0, 0.05) is 24.8 Å². The van der Waals surface area contributed by atoms with Gasteiger partial charge in [0.05, 0.1) is 0 Å². The summed E-state index contributed by atoms with van der Waals surface area (Å²) >= 11 is 0. The lowest BCUT2D eigenvalue weighted by Crippen LogP contribution is -2.34. The summed E-state index contributed by atoms with van der Waals surface area (Å²) in [7, 11) is 2.18. The van der Waals surface area contributed by atoms with Crippen molar-refractivity contribution >= 4 is 5.69 Å². The van der Waals surface area contributed by atoms with Gasteiger partial charge in [-0.3, -0.25) is 4.90 Å². The maximum absolute atomic E-state index is 3.48. The van der Waals surface area contributed by atoms with Gasteiger partial charge in [0.15, 0.2) is 0 Å². The van der Waals surface area contributed by atoms with Crippen molar-refractivity contribution in [3.8, 4) is 0 Å². The smallest absolute Gasteiger partial charge is 0.0340 e. The summed E-state index contributed by atoms with van der Waals surface area (Å²) in [4.78, 5) is 2.39. The number of nitrogens with zero attached hydrogens (tertiary/aromatic N) is 1. The Morgan fingerprint density at radius 1 is 1.00 bits per heavy atom. The second-order valence-corrected chi connectivity index (χ2v) is 5.44. The average molecular weight is 268 g/mol. The highest BCUT2D eigenvalue weighted by atomic mass is 15.1. The summed E-state index contributed by atoms with van der Waals surface area (Å²) in [6.07, 6.45) is 0. The third-order valence-corrected chi connectivity index (χ3v) is 3.81. The molecule has 0 aliphatic heterocycles. The van der Waals surface area contributed by atoms with Gasteiger partial charge in [-0.15, -0.1) is 0 Å². The minimum atomic E-state index is 0.481. The topological polar surface area (TPSA) is 15.3 Å². The van der Waals surface area contributed by atoms with Gasteiger partial charge in [-0.2, -0.15) is 0 Å². The van der Waals surface area contributed by atoms with Crippen LogP contribution in [0.1, 0.15) is 18.1 Å². The number of nitrogens with one attached hydrogen (secondary N) is 1. The molecular formula is C18H24N2. The lowest BCUT2D eigenvalue weighted by Gasteiger charge is -2.26. The molecule has 1 atom stereocenters. The van der Waals surface area contributed by atoms with Crippen molar-refractivity contribution in [2.75, 3.05) is 18.9 Å². The highest BCUT2D eigenvalue weighted by Crippen LogP contribution is 2.12. The van der Waals surface area contributed by atoms with Crippen LogP contribution in [0.2, 0.25) is 0 Å². The van der Waals surface area contributed by atoms with E-state index in [1.807, 2.05) is 6.07 Å². The first-order valence-corrected chi connectivity index (χ1v) is 7.20. The van der Waals surface area contributed by atoms with Gasteiger partial charge >= 0.3 is 0 Å². The van der Waals surface area contributed by atoms with Crippen molar-refractivity contribution in [1.29, 1.82) is 0 Å². The fraction of sp³-hybridized carbons (Fsp3) is 0.333. The molecule has 2 aromatic carbocycles. The molecule has 0 saturated heterocycles. The molecule has 1 unspecified atom stereocenters. The SMILES string of the molecule is Cc1ccccc1CN(C)C(C)CNc1ccccc1. The van der Waals surface area contributed by atoms with Crippen LogP contribution in [0.25, 0.3) is 0 Å². The number of likely N-dealkylation sites (N-methyl/N-ethyl adjacent to an activating group) is 1. The third kappa shape index (κ3) is 4.10. The molecule has 0 fully saturated rings. The fourth-order valence-electron chi connectivity index (χ4n) is 2.19. The van der Waals surface area contributed by atoms with Crippen molar-refractivity contribution in [2.45, 2.75) is 26.4 Å². The van der Waals surface area contributed by atoms with Crippen molar-refractivity contribution < 1.29 is 0 Å². The second kappa shape index (κ2) is 7.11. The van der Waals surface area contributed by atoms with Crippen LogP contribution in [0.3, 0.4) is 0 Å². The van der Waals surface area contributed by atoms with Gasteiger partial charge in [-0.05, 0) is 44.2 Å². The minimum Gasteiger partial charge on any atom is -0.383 e. The number of aryl methyl sites for hydroxylation is 1. The molecular weight excluding hydrogens is 244 g/mol. The van der Waals surface area contributed by atoms with E-state index < -0.39 is 0 Å². The number of benzene rings is 2. The number of hydrogen-bond donors (Lipinski definition) is 1. The van der Waals surface area contributed by atoms with Crippen LogP contribution in [0.15, 0.2) is 54.6 Å². The van der Waals surface area contributed by atoms with Gasteiger partial charge in [-0.25, -0.2) is 0 Å². The molecule has 0 aliphatic rings. The molecule has 1 N–H and O–H groups in total. The van der Waals surface area contributed by atoms with Gasteiger partial charge < -0.3 is 5.32 Å². The molecule has 0 bridgehead atoms. The molecule has 106 valence electrons. The van der Waals surface area contributed by atoms with Crippen LogP contribution in [0, 0.1) is 6.92 Å². The lowest BCUT2D eigenvalue weighted by atomic mass is 10.1. The van der Waals surface area contributed by atoms with E-state index in [-0.39, 0.29) is 0 Å². The zero-order valence-corrected chi connectivity index (χ0v) is 12.6. The number of para-hydroxylation sites is 1. The summed E-state index contributed by atoms with van der Waals surface area (Å²) in [6.45, 7) is 6.38. The van der Waals surface area contributed by atoms with E-state index >= 15 is 0 Å². The van der Waals surface area contributed by atoms with E-state index in [9.17, 15) is 0 Å². The van der Waals surface area contributed by atoms with Crippen LogP contribution in [0.5, 0.6) is 0 Å². The summed E-state index contributed by atoms with van der Waals surface area (Å²) in [6, 6.07) is 19.5. The van der Waals surface area contributed by atoms with Crippen LogP contribution in [-0.4, -0.2) is 24.5 Å². The predicted molar refractivity (Wildman–Crippen MR) is 87.0 cm³/mol. The maximum atomic E-state index is 3.48. The first-order valence-electron chi connectivity index (χ1n) is 7.20. The molecule has 0 aromatic heterocycles. The van der Waals surface area contributed by atoms with Gasteiger partial charge in [0.25, 0.3) is 0 Å². The molecule has 0 radical (unpaired) electrons. The van der Waals surface area contributed by atoms with Gasteiger partial charge in [-0.1, -0.05) is 42.5 Å². The number of anilines is 1. The molecule has 2 aromatic rings. The quantitative estimate of drug-likeness (QED) is 0.854. The Labute approximate surface area is 122 Å². The Morgan fingerprint density at radius 2 is 1.65 bits per heavy atom. The van der Waals surface area contributed by atoms with Gasteiger partial charge in [0.1, 0.15) is 0 Å². The van der Waals surface area contributed by atoms with Crippen molar-refractivity contribution in [3.05, 3.63) is 65.7 Å². The Hall–Kier alpha value is -1.80. The molecule has 0 amide bonds. The van der Waals surface area contributed by atoms with E-state index in [2.05, 4.69) is 79.6 Å². The minimum absolute atomic E-state index is 0.481. The molecule has 0 heterocycles. The maximum Gasteiger partial charge on any atom is 0.0340 e. The molecule has 2 heteroatoms. The standard InChI is InChI=1S/C18H24N2/c1-15-9-7-8-10-17(15)14-20(3)16(2)13-19-18-11-5-4-6-12-18/h4-12,16,19H,13-14H2,1-3H3. The van der Waals surface area contributed by atoms with E-state index in [0.29, 0.717) is 6.04 Å². The van der Waals surface area contributed by atoms with Crippen molar-refractivity contribution in [3.63, 3.8) is 0 Å². The zero-order valence-electron chi connectivity index (χ0n) is 12.6. The van der Waals surface area contributed by atoms with Crippen LogP contribution in [0.4, 0.5) is 5.69 Å². The normalized spacial score (nSPS) is 12.4. The molecule has 2 rings (SSSR count). The molecule has 0 saturated carbocycles. The summed E-state index contributed by atoms with van der Waals surface area (Å²) in [5.41, 5.74) is 3.95. The summed E-state index contributed by atoms with van der Waals surface area (Å²) in [5.74, 6) is 0. The molecule has 20 heavy (non-hydrogen) atoms. The molecule has 0 spiro atoms. The fourth-order valence-corrected chi connectivity index (χ4v) is 2.19. The monoisotopic (exact) mass is 268 g/mol. The second-order valence-electron chi connectivity index (χ2n) is 5.44. The molecule has 2 nitrogen and oxygen atoms in total. The largest absolute Gasteiger partial charge is 0.383 e. The molecule has 0 aliphatic carbocycles. The summed E-state index contributed by atoms with van der Waals surface area (Å²) in [5, 5.41) is 3.48. The van der Waals surface area contributed by atoms with Gasteiger partial charge in [0.2, 0.25) is 0 Å². The highest BCUT2D eigenvalue weighted by molar-refractivity contribution is 5.42. The first kappa shape index (κ1) is 14.6. The number of hydrogen-bond acceptors (Lipinski definition) is 2. The number of rotatable bonds is 6. The zero-order chi connectivity index (χ0) is 14.4. The van der Waals surface area contributed by atoms with E-state index in [1.165, 1.54) is 16.8 Å². The Bertz CT molecular complexity index is 522. The van der Waals surface area contributed by atoms with E-state index in [4.69, 9.17) is 0 Å². The highest BCUT2D eigenvalue weighted by Gasteiger charge is 2.10.